The summed E-state index contributed by atoms with van der Waals surface area (Å²) < 4.78 is 73.1. The zero-order valence-corrected chi connectivity index (χ0v) is 23.3. The number of halogens is 4. The lowest BCUT2D eigenvalue weighted by atomic mass is 9.99. The molecular formula is C30H30F4N4O4. The summed E-state index contributed by atoms with van der Waals surface area (Å²) in [5.41, 5.74) is 0.543. The van der Waals surface area contributed by atoms with Crippen LogP contribution in [-0.2, 0) is 15.7 Å². The van der Waals surface area contributed by atoms with Gasteiger partial charge in [-0.05, 0) is 36.4 Å². The number of carbonyl (C=O) groups excluding carboxylic acids is 1. The Morgan fingerprint density at radius 1 is 0.952 bits per heavy atom. The molecule has 42 heavy (non-hydrogen) atoms. The van der Waals surface area contributed by atoms with Crippen LogP contribution in [0.3, 0.4) is 0 Å². The summed E-state index contributed by atoms with van der Waals surface area (Å²) in [6.07, 6.45) is -4.63. The third-order valence-electron chi connectivity index (χ3n) is 7.31. The molecule has 0 bridgehead atoms. The number of esters is 1. The summed E-state index contributed by atoms with van der Waals surface area (Å²) in [5.74, 6) is -0.0794. The predicted octanol–water partition coefficient (Wildman–Crippen LogP) is 5.80. The smallest absolute Gasteiger partial charge is 0.416 e. The summed E-state index contributed by atoms with van der Waals surface area (Å²) in [4.78, 5) is 22.2. The highest BCUT2D eigenvalue weighted by Gasteiger charge is 2.40. The van der Waals surface area contributed by atoms with Crippen LogP contribution < -0.4 is 19.3 Å². The molecule has 222 valence electrons. The minimum Gasteiger partial charge on any atom is -0.497 e. The maximum atomic E-state index is 15.2. The number of fused-ring (bicyclic) bond motifs is 1. The molecule has 3 aromatic rings. The number of alkyl halides is 3. The number of nitrogens with zero attached hydrogens (tertiary/aromatic N) is 4. The van der Waals surface area contributed by atoms with Gasteiger partial charge in [0.2, 0.25) is 5.96 Å². The van der Waals surface area contributed by atoms with Crippen LogP contribution in [0.15, 0.2) is 65.7 Å². The maximum Gasteiger partial charge on any atom is 0.416 e. The van der Waals surface area contributed by atoms with Crippen molar-refractivity contribution in [3.8, 4) is 11.5 Å². The minimum atomic E-state index is -4.63. The van der Waals surface area contributed by atoms with Crippen LogP contribution in [0.5, 0.6) is 11.5 Å². The average Bonchev–Trinajstić information content (AvgIpc) is 2.99. The van der Waals surface area contributed by atoms with E-state index in [0.29, 0.717) is 31.7 Å². The Bertz CT molecular complexity index is 1490. The Balaban J connectivity index is 1.60. The Morgan fingerprint density at radius 3 is 2.33 bits per heavy atom. The predicted molar refractivity (Wildman–Crippen MR) is 150 cm³/mol. The first kappa shape index (κ1) is 29.0. The Labute approximate surface area is 240 Å². The maximum absolute atomic E-state index is 15.2. The lowest BCUT2D eigenvalue weighted by Gasteiger charge is -2.45. The molecule has 2 aliphatic heterocycles. The van der Waals surface area contributed by atoms with E-state index in [-0.39, 0.29) is 29.7 Å². The molecular weight excluding hydrogens is 556 g/mol. The molecule has 3 aromatic carbocycles. The van der Waals surface area contributed by atoms with Gasteiger partial charge in [0.05, 0.1) is 31.5 Å². The van der Waals surface area contributed by atoms with Gasteiger partial charge in [-0.2, -0.15) is 13.2 Å². The second-order valence-corrected chi connectivity index (χ2v) is 9.84. The number of anilines is 2. The molecule has 0 radical (unpaired) electrons. The zero-order chi connectivity index (χ0) is 30.0. The standard InChI is InChI=1S/C30H30F4N4O4/c1-19(39)42-18-26-23-8-5-9-24(31)28(23)35-29(38(26)25-16-20(30(32,33)34)10-11-27(25)41-3)37-14-12-36(13-15-37)21-6-4-7-22(17-21)40-2/h4-11,16-17,26H,12-15,18H2,1-3H3/t26-/m1/s1. The largest absolute Gasteiger partial charge is 0.497 e. The van der Waals surface area contributed by atoms with Crippen molar-refractivity contribution in [2.45, 2.75) is 19.1 Å². The summed E-state index contributed by atoms with van der Waals surface area (Å²) >= 11 is 0. The number of guanidine groups is 1. The molecule has 0 N–H and O–H groups in total. The van der Waals surface area contributed by atoms with Gasteiger partial charge in [0.25, 0.3) is 0 Å². The van der Waals surface area contributed by atoms with Crippen LogP contribution in [0.4, 0.5) is 34.6 Å². The fraction of sp³-hybridized carbons (Fsp3) is 0.333. The van der Waals surface area contributed by atoms with Crippen molar-refractivity contribution >= 4 is 29.0 Å². The van der Waals surface area contributed by atoms with Crippen LogP contribution in [0.2, 0.25) is 0 Å². The molecule has 5 rings (SSSR count). The van der Waals surface area contributed by atoms with Crippen LogP contribution in [0.25, 0.3) is 0 Å². The highest BCUT2D eigenvalue weighted by atomic mass is 19.4. The van der Waals surface area contributed by atoms with Crippen LogP contribution in [0, 0.1) is 5.82 Å². The number of methoxy groups -OCH3 is 2. The first-order valence-corrected chi connectivity index (χ1v) is 13.3. The number of ether oxygens (including phenoxy) is 3. The van der Waals surface area contributed by atoms with E-state index in [9.17, 15) is 18.0 Å². The zero-order valence-electron chi connectivity index (χ0n) is 23.3. The highest BCUT2D eigenvalue weighted by Crippen LogP contribution is 2.45. The first-order valence-electron chi connectivity index (χ1n) is 13.3. The number of carbonyl (C=O) groups is 1. The third kappa shape index (κ3) is 5.79. The number of para-hydroxylation sites is 1. The lowest BCUT2D eigenvalue weighted by Crippen LogP contribution is -2.56. The van der Waals surface area contributed by atoms with Crippen molar-refractivity contribution in [1.29, 1.82) is 0 Å². The SMILES string of the molecule is COc1cccc(N2CCN(C3=Nc4c(F)cccc4[C@@H](COC(C)=O)N3c3cc(C(F)(F)F)ccc3OC)CC2)c1. The topological polar surface area (TPSA) is 66.8 Å². The van der Waals surface area contributed by atoms with E-state index < -0.39 is 29.6 Å². The highest BCUT2D eigenvalue weighted by molar-refractivity contribution is 6.02. The molecule has 0 aliphatic carbocycles. The van der Waals surface area contributed by atoms with Crippen molar-refractivity contribution in [2.75, 3.05) is 56.8 Å². The van der Waals surface area contributed by atoms with Crippen molar-refractivity contribution in [3.63, 3.8) is 0 Å². The van der Waals surface area contributed by atoms with Gasteiger partial charge >= 0.3 is 12.1 Å². The van der Waals surface area contributed by atoms with E-state index in [4.69, 9.17) is 14.2 Å². The van der Waals surface area contributed by atoms with Gasteiger partial charge in [-0.15, -0.1) is 0 Å². The van der Waals surface area contributed by atoms with E-state index in [1.165, 1.54) is 32.2 Å². The lowest BCUT2D eigenvalue weighted by molar-refractivity contribution is -0.141. The van der Waals surface area contributed by atoms with Gasteiger partial charge in [-0.1, -0.05) is 18.2 Å². The number of hydrogen-bond donors (Lipinski definition) is 0. The van der Waals surface area contributed by atoms with Crippen molar-refractivity contribution < 1.29 is 36.6 Å². The summed E-state index contributed by atoms with van der Waals surface area (Å²) in [5, 5.41) is 0. The van der Waals surface area contributed by atoms with Gasteiger partial charge in [0, 0.05) is 50.4 Å². The molecule has 1 atom stereocenters. The van der Waals surface area contributed by atoms with Crippen LogP contribution in [-0.4, -0.2) is 63.8 Å². The van der Waals surface area contributed by atoms with E-state index in [0.717, 1.165) is 23.6 Å². The van der Waals surface area contributed by atoms with Crippen molar-refractivity contribution in [2.24, 2.45) is 4.99 Å². The molecule has 0 amide bonds. The Morgan fingerprint density at radius 2 is 1.67 bits per heavy atom. The van der Waals surface area contributed by atoms with E-state index >= 15 is 4.39 Å². The number of piperazine rings is 1. The normalized spacial score (nSPS) is 17.0. The quantitative estimate of drug-likeness (QED) is 0.267. The summed E-state index contributed by atoms with van der Waals surface area (Å²) in [6, 6.07) is 14.3. The van der Waals surface area contributed by atoms with Crippen LogP contribution in [0.1, 0.15) is 24.1 Å². The second-order valence-electron chi connectivity index (χ2n) is 9.84. The number of hydrogen-bond acceptors (Lipinski definition) is 8. The molecule has 0 saturated carbocycles. The second kappa shape index (κ2) is 11.8. The van der Waals surface area contributed by atoms with E-state index in [1.807, 2.05) is 29.2 Å². The molecule has 0 spiro atoms. The molecule has 2 aliphatic rings. The van der Waals surface area contributed by atoms with Gasteiger partial charge in [0.1, 0.15) is 29.6 Å². The summed E-state index contributed by atoms with van der Waals surface area (Å²) in [6.45, 7) is 2.94. The first-order chi connectivity index (χ1) is 20.1. The summed E-state index contributed by atoms with van der Waals surface area (Å²) in [7, 11) is 2.95. The molecule has 8 nitrogen and oxygen atoms in total. The molecule has 0 aromatic heterocycles. The van der Waals surface area contributed by atoms with E-state index in [2.05, 4.69) is 9.89 Å². The fourth-order valence-electron chi connectivity index (χ4n) is 5.24. The molecule has 1 fully saturated rings. The monoisotopic (exact) mass is 586 g/mol. The van der Waals surface area contributed by atoms with Crippen LogP contribution >= 0.6 is 0 Å². The number of rotatable bonds is 6. The Kier molecular flexibility index (Phi) is 8.15. The average molecular weight is 587 g/mol. The number of benzene rings is 3. The van der Waals surface area contributed by atoms with Gasteiger partial charge in [-0.3, -0.25) is 9.69 Å². The fourth-order valence-corrected chi connectivity index (χ4v) is 5.24. The molecule has 0 unspecified atom stereocenters. The minimum absolute atomic E-state index is 0.0436. The van der Waals surface area contributed by atoms with Crippen molar-refractivity contribution in [1.82, 2.24) is 4.90 Å². The van der Waals surface area contributed by atoms with Gasteiger partial charge < -0.3 is 24.0 Å². The molecule has 12 heteroatoms. The number of aliphatic imine (C=N–C) groups is 1. The molecule has 1 saturated heterocycles. The van der Waals surface area contributed by atoms with E-state index in [1.54, 1.807) is 18.1 Å². The Hall–Kier alpha value is -4.48. The van der Waals surface area contributed by atoms with Crippen molar-refractivity contribution in [3.05, 3.63) is 77.6 Å². The third-order valence-corrected chi connectivity index (χ3v) is 7.31. The molecule has 2 heterocycles. The van der Waals surface area contributed by atoms with Gasteiger partial charge in [0.15, 0.2) is 0 Å². The van der Waals surface area contributed by atoms with Gasteiger partial charge in [-0.25, -0.2) is 9.38 Å².